The van der Waals surface area contributed by atoms with Gasteiger partial charge < -0.3 is 20.4 Å². The van der Waals surface area contributed by atoms with E-state index >= 15 is 0 Å². The Kier molecular flexibility index (Phi) is 4.02. The zero-order valence-corrected chi connectivity index (χ0v) is 13.3. The van der Waals surface area contributed by atoms with E-state index in [-0.39, 0.29) is 28.6 Å². The fourth-order valence-electron chi connectivity index (χ4n) is 2.46. The Morgan fingerprint density at radius 2 is 1.60 bits per heavy atom. The van der Waals surface area contributed by atoms with Crippen LogP contribution in [0, 0.1) is 0 Å². The highest BCUT2D eigenvalue weighted by Gasteiger charge is 2.11. The van der Waals surface area contributed by atoms with E-state index in [4.69, 9.17) is 0 Å². The van der Waals surface area contributed by atoms with Crippen molar-refractivity contribution in [2.45, 2.75) is 6.92 Å². The third-order valence-corrected chi connectivity index (χ3v) is 3.79. The zero-order chi connectivity index (χ0) is 18.1. The third-order valence-electron chi connectivity index (χ3n) is 3.79. The van der Waals surface area contributed by atoms with Gasteiger partial charge in [0.15, 0.2) is 23.0 Å². The first-order valence-electron chi connectivity index (χ1n) is 7.43. The summed E-state index contributed by atoms with van der Waals surface area (Å²) in [6.07, 6.45) is 3.08. The summed E-state index contributed by atoms with van der Waals surface area (Å²) < 4.78 is 0. The van der Waals surface area contributed by atoms with Gasteiger partial charge in [-0.05, 0) is 37.3 Å². The lowest BCUT2D eigenvalue weighted by Crippen LogP contribution is -1.94. The van der Waals surface area contributed by atoms with Gasteiger partial charge in [0.25, 0.3) is 0 Å². The maximum Gasteiger partial charge on any atom is 0.163 e. The summed E-state index contributed by atoms with van der Waals surface area (Å²) in [5.41, 5.74) is 1.27. The number of carbonyl (C=O) groups is 1. The fraction of sp³-hybridized carbons (Fsp3) is 0.0526. The van der Waals surface area contributed by atoms with Gasteiger partial charge in [-0.3, -0.25) is 4.79 Å². The number of hydrogen-bond acceptors (Lipinski definition) is 6. The fourth-order valence-corrected chi connectivity index (χ4v) is 2.46. The van der Waals surface area contributed by atoms with Crippen LogP contribution in [0.5, 0.6) is 23.0 Å². The molecule has 0 spiro atoms. The Morgan fingerprint density at radius 1 is 0.920 bits per heavy atom. The molecule has 1 aromatic heterocycles. The van der Waals surface area contributed by atoms with Crippen LogP contribution in [-0.2, 0) is 0 Å². The lowest BCUT2D eigenvalue weighted by atomic mass is 10.1. The van der Waals surface area contributed by atoms with E-state index in [1.165, 1.54) is 19.1 Å². The average Bonchev–Trinajstić information content (AvgIpc) is 2.57. The molecule has 0 bridgehead atoms. The van der Waals surface area contributed by atoms with Crippen molar-refractivity contribution >= 4 is 28.8 Å². The molecule has 3 rings (SSSR count). The van der Waals surface area contributed by atoms with E-state index in [0.29, 0.717) is 22.2 Å². The van der Waals surface area contributed by atoms with Gasteiger partial charge in [-0.2, -0.15) is 0 Å². The molecule has 0 saturated carbocycles. The molecule has 126 valence electrons. The second kappa shape index (κ2) is 6.16. The van der Waals surface area contributed by atoms with E-state index in [0.717, 1.165) is 6.07 Å². The van der Waals surface area contributed by atoms with Gasteiger partial charge in [-0.15, -0.1) is 0 Å². The van der Waals surface area contributed by atoms with Gasteiger partial charge in [0, 0.05) is 17.0 Å². The first-order chi connectivity index (χ1) is 11.9. The van der Waals surface area contributed by atoms with Crippen molar-refractivity contribution in [2.75, 3.05) is 0 Å². The molecule has 0 atom stereocenters. The van der Waals surface area contributed by atoms with Crippen LogP contribution in [0.15, 0.2) is 36.4 Å². The molecule has 25 heavy (non-hydrogen) atoms. The van der Waals surface area contributed by atoms with Crippen LogP contribution in [0.4, 0.5) is 0 Å². The number of phenols is 4. The molecule has 0 unspecified atom stereocenters. The maximum atomic E-state index is 11.5. The smallest absolute Gasteiger partial charge is 0.163 e. The quantitative estimate of drug-likeness (QED) is 0.331. The largest absolute Gasteiger partial charge is 0.507 e. The van der Waals surface area contributed by atoms with Gasteiger partial charge in [-0.1, -0.05) is 12.1 Å². The van der Waals surface area contributed by atoms with Crippen LogP contribution >= 0.6 is 0 Å². The first kappa shape index (κ1) is 16.3. The van der Waals surface area contributed by atoms with Crippen molar-refractivity contribution in [1.82, 2.24) is 4.98 Å². The van der Waals surface area contributed by atoms with Gasteiger partial charge in [-0.25, -0.2) is 4.98 Å². The van der Waals surface area contributed by atoms with Crippen LogP contribution in [0.3, 0.4) is 0 Å². The molecule has 0 saturated heterocycles. The van der Waals surface area contributed by atoms with Crippen molar-refractivity contribution in [3.8, 4) is 23.0 Å². The van der Waals surface area contributed by atoms with Crippen LogP contribution in [-0.4, -0.2) is 31.2 Å². The number of pyridine rings is 1. The van der Waals surface area contributed by atoms with E-state index in [1.807, 2.05) is 0 Å². The first-order valence-corrected chi connectivity index (χ1v) is 7.43. The Morgan fingerprint density at radius 3 is 2.32 bits per heavy atom. The molecule has 6 heteroatoms. The van der Waals surface area contributed by atoms with Gasteiger partial charge in [0.1, 0.15) is 11.3 Å². The number of aromatic nitrogens is 1. The van der Waals surface area contributed by atoms with Crippen LogP contribution in [0.25, 0.3) is 23.1 Å². The summed E-state index contributed by atoms with van der Waals surface area (Å²) in [6.45, 7) is 1.37. The second-order valence-electron chi connectivity index (χ2n) is 5.56. The topological polar surface area (TPSA) is 111 Å². The number of phenolic OH excluding ortho intramolecular Hbond substituents is 4. The number of fused-ring (bicyclic) bond motifs is 1. The summed E-state index contributed by atoms with van der Waals surface area (Å²) in [5.74, 6) is -1.40. The highest BCUT2D eigenvalue weighted by atomic mass is 16.3. The summed E-state index contributed by atoms with van der Waals surface area (Å²) in [7, 11) is 0. The Balaban J connectivity index is 2.03. The predicted molar refractivity (Wildman–Crippen MR) is 93.8 cm³/mol. The predicted octanol–water partition coefficient (Wildman–Crippen LogP) is 3.43. The number of nitrogens with zero attached hydrogens (tertiary/aromatic N) is 1. The van der Waals surface area contributed by atoms with E-state index < -0.39 is 5.75 Å². The van der Waals surface area contributed by atoms with Crippen LogP contribution in [0.2, 0.25) is 0 Å². The molecule has 0 amide bonds. The minimum Gasteiger partial charge on any atom is -0.507 e. The lowest BCUT2D eigenvalue weighted by Gasteiger charge is -2.06. The monoisotopic (exact) mass is 337 g/mol. The average molecular weight is 337 g/mol. The summed E-state index contributed by atoms with van der Waals surface area (Å²) in [4.78, 5) is 15.8. The molecule has 0 aliphatic carbocycles. The number of aromatic hydroxyl groups is 4. The second-order valence-corrected chi connectivity index (χ2v) is 5.56. The Bertz CT molecular complexity index is 1020. The molecule has 3 aromatic rings. The van der Waals surface area contributed by atoms with Gasteiger partial charge in [0.05, 0.1) is 11.3 Å². The maximum absolute atomic E-state index is 11.5. The van der Waals surface area contributed by atoms with Crippen molar-refractivity contribution in [3.63, 3.8) is 0 Å². The molecule has 1 heterocycles. The Hall–Kier alpha value is -3.54. The molecule has 0 aliphatic heterocycles. The number of benzene rings is 2. The number of Topliss-reactive ketones (excluding diaryl/α,β-unsaturated/α-hetero) is 1. The van der Waals surface area contributed by atoms with Gasteiger partial charge in [0.2, 0.25) is 0 Å². The number of carbonyl (C=O) groups excluding carboxylic acids is 1. The van der Waals surface area contributed by atoms with Crippen molar-refractivity contribution in [3.05, 3.63) is 53.2 Å². The number of ketones is 1. The summed E-state index contributed by atoms with van der Waals surface area (Å²) >= 11 is 0. The highest BCUT2D eigenvalue weighted by Crippen LogP contribution is 2.33. The standard InChI is InChI=1S/C19H15NO5/c1-10(21)14-7-4-11-2-5-13(20-18(11)19(14)25)6-3-12-8-16(23)17(24)9-15(12)22/h2-9,22-25H,1H3. The summed E-state index contributed by atoms with van der Waals surface area (Å²) in [5, 5.41) is 39.5. The van der Waals surface area contributed by atoms with Crippen LogP contribution < -0.4 is 0 Å². The molecule has 0 radical (unpaired) electrons. The Labute approximate surface area is 142 Å². The minimum atomic E-state index is -0.417. The van der Waals surface area contributed by atoms with Crippen molar-refractivity contribution in [2.24, 2.45) is 0 Å². The molecule has 4 N–H and O–H groups in total. The van der Waals surface area contributed by atoms with Crippen molar-refractivity contribution < 1.29 is 25.2 Å². The molecular weight excluding hydrogens is 322 g/mol. The molecule has 6 nitrogen and oxygen atoms in total. The highest BCUT2D eigenvalue weighted by molar-refractivity contribution is 6.02. The SMILES string of the molecule is CC(=O)c1ccc2ccc(C=Cc3cc(O)c(O)cc3O)nc2c1O. The number of hydrogen-bond donors (Lipinski definition) is 4. The van der Waals surface area contributed by atoms with E-state index in [9.17, 15) is 25.2 Å². The minimum absolute atomic E-state index is 0.176. The zero-order valence-electron chi connectivity index (χ0n) is 13.3. The van der Waals surface area contributed by atoms with E-state index in [2.05, 4.69) is 4.98 Å². The normalized spacial score (nSPS) is 11.2. The number of rotatable bonds is 3. The van der Waals surface area contributed by atoms with Crippen LogP contribution in [0.1, 0.15) is 28.5 Å². The molecule has 2 aromatic carbocycles. The van der Waals surface area contributed by atoms with Gasteiger partial charge >= 0.3 is 0 Å². The van der Waals surface area contributed by atoms with E-state index in [1.54, 1.807) is 30.3 Å². The molecule has 0 aliphatic rings. The third kappa shape index (κ3) is 3.10. The molecule has 0 fully saturated rings. The van der Waals surface area contributed by atoms with Crippen molar-refractivity contribution in [1.29, 1.82) is 0 Å². The lowest BCUT2D eigenvalue weighted by molar-refractivity contribution is 0.101. The summed E-state index contributed by atoms with van der Waals surface area (Å²) in [6, 6.07) is 8.97. The molecular formula is C19H15NO5.